The molecule has 1 saturated heterocycles. The molecule has 6 nitrogen and oxygen atoms in total. The maximum absolute atomic E-state index is 15.0. The number of aromatic nitrogens is 1. The van der Waals surface area contributed by atoms with Crippen LogP contribution < -0.4 is 15.6 Å². The van der Waals surface area contributed by atoms with Gasteiger partial charge in [-0.25, -0.2) is 9.18 Å². The van der Waals surface area contributed by atoms with E-state index in [1.807, 2.05) is 11.8 Å². The summed E-state index contributed by atoms with van der Waals surface area (Å²) in [6, 6.07) is 5.04. The number of pyridine rings is 1. The minimum atomic E-state index is -1.31. The van der Waals surface area contributed by atoms with Crippen LogP contribution in [0.1, 0.15) is 33.8 Å². The van der Waals surface area contributed by atoms with Crippen LogP contribution in [0.25, 0.3) is 10.9 Å². The molecule has 1 aliphatic rings. The van der Waals surface area contributed by atoms with E-state index in [2.05, 4.69) is 23.7 Å². The molecule has 1 aromatic carbocycles. The number of piperazine rings is 1. The van der Waals surface area contributed by atoms with Gasteiger partial charge in [0.05, 0.1) is 17.2 Å². The van der Waals surface area contributed by atoms with Crippen molar-refractivity contribution in [3.63, 3.8) is 0 Å². The van der Waals surface area contributed by atoms with Gasteiger partial charge in [-0.15, -0.1) is 11.3 Å². The molecule has 1 unspecified atom stereocenters. The van der Waals surface area contributed by atoms with E-state index < -0.39 is 17.2 Å². The molecule has 0 amide bonds. The zero-order valence-electron chi connectivity index (χ0n) is 16.2. The second-order valence-electron chi connectivity index (χ2n) is 7.20. The van der Waals surface area contributed by atoms with Crippen LogP contribution in [0.3, 0.4) is 0 Å². The quantitative estimate of drug-likeness (QED) is 0.683. The zero-order chi connectivity index (χ0) is 20.7. The van der Waals surface area contributed by atoms with E-state index in [9.17, 15) is 14.7 Å². The number of benzene rings is 1. The van der Waals surface area contributed by atoms with E-state index in [1.54, 1.807) is 22.0 Å². The number of anilines is 1. The van der Waals surface area contributed by atoms with Crippen LogP contribution in [0.5, 0.6) is 0 Å². The van der Waals surface area contributed by atoms with Crippen molar-refractivity contribution in [3.05, 3.63) is 61.8 Å². The van der Waals surface area contributed by atoms with Gasteiger partial charge in [-0.3, -0.25) is 4.79 Å². The summed E-state index contributed by atoms with van der Waals surface area (Å²) in [5, 5.41) is 14.9. The van der Waals surface area contributed by atoms with Crippen molar-refractivity contribution in [2.75, 3.05) is 24.5 Å². The molecular weight excluding hydrogens is 393 g/mol. The van der Waals surface area contributed by atoms with Gasteiger partial charge in [0.25, 0.3) is 0 Å². The second-order valence-corrected chi connectivity index (χ2v) is 8.15. The van der Waals surface area contributed by atoms with E-state index in [0.717, 1.165) is 6.54 Å². The van der Waals surface area contributed by atoms with Gasteiger partial charge < -0.3 is 19.9 Å². The first-order valence-corrected chi connectivity index (χ1v) is 10.4. The highest BCUT2D eigenvalue weighted by molar-refractivity contribution is 7.10. The maximum Gasteiger partial charge on any atom is 0.341 e. The zero-order valence-corrected chi connectivity index (χ0v) is 17.1. The average Bonchev–Trinajstić information content (AvgIpc) is 3.14. The number of nitrogens with zero attached hydrogens (tertiary/aromatic N) is 2. The molecule has 29 heavy (non-hydrogen) atoms. The summed E-state index contributed by atoms with van der Waals surface area (Å²) in [5.41, 5.74) is 1.19. The SMILES string of the molecule is CCn1cc(C(=O)O)c(=O)c2cc(F)c(N3CCNC(c4sccc4C)C3)cc21. The van der Waals surface area contributed by atoms with Gasteiger partial charge in [-0.1, -0.05) is 0 Å². The first-order chi connectivity index (χ1) is 13.9. The molecule has 0 radical (unpaired) electrons. The molecule has 2 aromatic heterocycles. The summed E-state index contributed by atoms with van der Waals surface area (Å²) in [7, 11) is 0. The molecule has 1 fully saturated rings. The van der Waals surface area contributed by atoms with Crippen LogP contribution in [-0.4, -0.2) is 35.3 Å². The van der Waals surface area contributed by atoms with Crippen molar-refractivity contribution in [1.82, 2.24) is 9.88 Å². The Morgan fingerprint density at radius 3 is 2.86 bits per heavy atom. The van der Waals surface area contributed by atoms with E-state index in [-0.39, 0.29) is 17.0 Å². The lowest BCUT2D eigenvalue weighted by molar-refractivity contribution is 0.0695. The Bertz CT molecular complexity index is 1150. The summed E-state index contributed by atoms with van der Waals surface area (Å²) >= 11 is 1.69. The monoisotopic (exact) mass is 415 g/mol. The Hall–Kier alpha value is -2.71. The highest BCUT2D eigenvalue weighted by Crippen LogP contribution is 2.31. The van der Waals surface area contributed by atoms with Crippen molar-refractivity contribution < 1.29 is 14.3 Å². The number of carboxylic acids is 1. The molecular formula is C21H22FN3O3S. The standard InChI is InChI=1S/C21H22FN3O3S/c1-3-24-10-14(21(27)28)19(26)13-8-15(22)18(9-17(13)24)25-6-5-23-16(11-25)20-12(2)4-7-29-20/h4,7-10,16,23H,3,5-6,11H2,1-2H3,(H,27,28). The molecule has 1 aliphatic heterocycles. The fourth-order valence-corrected chi connectivity index (χ4v) is 4.94. The fourth-order valence-electron chi connectivity index (χ4n) is 3.94. The molecule has 2 N–H and O–H groups in total. The smallest absolute Gasteiger partial charge is 0.341 e. The van der Waals surface area contributed by atoms with Crippen molar-refractivity contribution in [1.29, 1.82) is 0 Å². The van der Waals surface area contributed by atoms with E-state index in [0.29, 0.717) is 30.8 Å². The summed E-state index contributed by atoms with van der Waals surface area (Å²) in [6.07, 6.45) is 1.34. The van der Waals surface area contributed by atoms with Gasteiger partial charge in [-0.05, 0) is 43.0 Å². The molecule has 4 rings (SSSR count). The number of carboxylic acid groups (broad SMARTS) is 1. The van der Waals surface area contributed by atoms with Crippen LogP contribution in [-0.2, 0) is 6.54 Å². The lowest BCUT2D eigenvalue weighted by atomic mass is 10.1. The molecule has 3 heterocycles. The fraction of sp³-hybridized carbons (Fsp3) is 0.333. The number of aryl methyl sites for hydroxylation is 2. The van der Waals surface area contributed by atoms with E-state index in [1.165, 1.54) is 22.7 Å². The van der Waals surface area contributed by atoms with Gasteiger partial charge in [0.15, 0.2) is 0 Å². The minimum absolute atomic E-state index is 0.0915. The number of rotatable bonds is 4. The van der Waals surface area contributed by atoms with E-state index in [4.69, 9.17) is 0 Å². The summed E-state index contributed by atoms with van der Waals surface area (Å²) in [4.78, 5) is 27.2. The summed E-state index contributed by atoms with van der Waals surface area (Å²) in [5.74, 6) is -1.82. The normalized spacial score (nSPS) is 17.1. The molecule has 0 aliphatic carbocycles. The summed E-state index contributed by atoms with van der Waals surface area (Å²) < 4.78 is 16.7. The van der Waals surface area contributed by atoms with Crippen LogP contribution in [0.2, 0.25) is 0 Å². The summed E-state index contributed by atoms with van der Waals surface area (Å²) in [6.45, 7) is 6.39. The molecule has 8 heteroatoms. The maximum atomic E-state index is 15.0. The Labute approximate surface area is 171 Å². The molecule has 0 spiro atoms. The van der Waals surface area contributed by atoms with Crippen LogP contribution in [0.4, 0.5) is 10.1 Å². The predicted octanol–water partition coefficient (Wildman–Crippen LogP) is 3.38. The number of fused-ring (bicyclic) bond motifs is 1. The third kappa shape index (κ3) is 3.42. The highest BCUT2D eigenvalue weighted by Gasteiger charge is 2.26. The van der Waals surface area contributed by atoms with Crippen LogP contribution >= 0.6 is 11.3 Å². The van der Waals surface area contributed by atoms with Gasteiger partial charge in [0.2, 0.25) is 5.43 Å². The number of halogens is 1. The van der Waals surface area contributed by atoms with Crippen molar-refractivity contribution in [2.24, 2.45) is 0 Å². The third-order valence-electron chi connectivity index (χ3n) is 5.45. The lowest BCUT2D eigenvalue weighted by Crippen LogP contribution is -2.46. The van der Waals surface area contributed by atoms with Crippen molar-refractivity contribution in [3.8, 4) is 0 Å². The largest absolute Gasteiger partial charge is 0.477 e. The van der Waals surface area contributed by atoms with Gasteiger partial charge in [0.1, 0.15) is 11.4 Å². The number of hydrogen-bond acceptors (Lipinski definition) is 5. The van der Waals surface area contributed by atoms with Gasteiger partial charge >= 0.3 is 5.97 Å². The highest BCUT2D eigenvalue weighted by atomic mass is 32.1. The molecule has 0 bridgehead atoms. The van der Waals surface area contributed by atoms with Gasteiger partial charge in [-0.2, -0.15) is 0 Å². The van der Waals surface area contributed by atoms with Crippen LogP contribution in [0.15, 0.2) is 34.6 Å². The van der Waals surface area contributed by atoms with Gasteiger partial charge in [0, 0.05) is 42.6 Å². The van der Waals surface area contributed by atoms with Crippen LogP contribution in [0, 0.1) is 12.7 Å². The lowest BCUT2D eigenvalue weighted by Gasteiger charge is -2.35. The number of nitrogens with one attached hydrogen (secondary N) is 1. The average molecular weight is 415 g/mol. The van der Waals surface area contributed by atoms with Crippen molar-refractivity contribution >= 4 is 33.9 Å². The Kier molecular flexibility index (Phi) is 5.14. The Morgan fingerprint density at radius 1 is 1.41 bits per heavy atom. The Balaban J connectivity index is 1.79. The Morgan fingerprint density at radius 2 is 2.21 bits per heavy atom. The number of hydrogen-bond donors (Lipinski definition) is 2. The van der Waals surface area contributed by atoms with E-state index >= 15 is 4.39 Å². The first kappa shape index (κ1) is 19.6. The number of thiophene rings is 1. The molecule has 0 saturated carbocycles. The minimum Gasteiger partial charge on any atom is -0.477 e. The number of carbonyl (C=O) groups is 1. The third-order valence-corrected chi connectivity index (χ3v) is 6.59. The molecule has 152 valence electrons. The topological polar surface area (TPSA) is 74.6 Å². The number of aromatic carboxylic acids is 1. The molecule has 3 aromatic rings. The molecule has 1 atom stereocenters. The second kappa shape index (κ2) is 7.61. The van der Waals surface area contributed by atoms with Crippen molar-refractivity contribution in [2.45, 2.75) is 26.4 Å². The first-order valence-electron chi connectivity index (χ1n) is 9.53. The predicted molar refractivity (Wildman–Crippen MR) is 113 cm³/mol.